The molecule has 1 aliphatic rings. The molecule has 1 N–H and O–H groups in total. The summed E-state index contributed by atoms with van der Waals surface area (Å²) in [6.07, 6.45) is 2.53. The molecule has 0 aliphatic heterocycles. The Kier molecular flexibility index (Phi) is 6.05. The van der Waals surface area contributed by atoms with Gasteiger partial charge in [-0.25, -0.2) is 0 Å². The van der Waals surface area contributed by atoms with Crippen LogP contribution in [0.1, 0.15) is 38.7 Å². The van der Waals surface area contributed by atoms with Gasteiger partial charge in [-0.1, -0.05) is 31.5 Å². The molecule has 2 unspecified atom stereocenters. The summed E-state index contributed by atoms with van der Waals surface area (Å²) in [5.41, 5.74) is 1.68. The number of benzene rings is 1. The molecule has 23 heavy (non-hydrogen) atoms. The standard InChI is InChI=1S/C18H25ClN2O2/c1-4-8-21(9-5-2)18(23)15-11-14(15)17(22)20-16-10-13(19)7-6-12(16)3/h6-7,10,14-15H,4-5,8-9,11H2,1-3H3,(H,20,22). The number of hydrogen-bond acceptors (Lipinski definition) is 2. The lowest BCUT2D eigenvalue weighted by atomic mass is 10.2. The van der Waals surface area contributed by atoms with Gasteiger partial charge >= 0.3 is 0 Å². The maximum absolute atomic E-state index is 12.5. The second-order valence-corrected chi connectivity index (χ2v) is 6.66. The van der Waals surface area contributed by atoms with E-state index < -0.39 is 0 Å². The first-order valence-corrected chi connectivity index (χ1v) is 8.71. The maximum atomic E-state index is 12.5. The third kappa shape index (κ3) is 4.47. The van der Waals surface area contributed by atoms with Crippen LogP contribution < -0.4 is 5.32 Å². The predicted molar refractivity (Wildman–Crippen MR) is 93.6 cm³/mol. The van der Waals surface area contributed by atoms with Crippen molar-refractivity contribution in [3.05, 3.63) is 28.8 Å². The zero-order chi connectivity index (χ0) is 17.0. The third-order valence-corrected chi connectivity index (χ3v) is 4.44. The van der Waals surface area contributed by atoms with E-state index in [-0.39, 0.29) is 23.7 Å². The van der Waals surface area contributed by atoms with Gasteiger partial charge in [-0.15, -0.1) is 0 Å². The van der Waals surface area contributed by atoms with E-state index in [4.69, 9.17) is 11.6 Å². The molecule has 2 amide bonds. The Hall–Kier alpha value is -1.55. The van der Waals surface area contributed by atoms with Crippen LogP contribution in [0, 0.1) is 18.8 Å². The minimum atomic E-state index is -0.211. The first-order chi connectivity index (χ1) is 11.0. The third-order valence-electron chi connectivity index (χ3n) is 4.20. The molecule has 1 aliphatic carbocycles. The van der Waals surface area contributed by atoms with Crippen LogP contribution in [0.15, 0.2) is 18.2 Å². The smallest absolute Gasteiger partial charge is 0.228 e. The highest BCUT2D eigenvalue weighted by atomic mass is 35.5. The molecule has 0 spiro atoms. The first kappa shape index (κ1) is 17.8. The molecule has 1 aromatic rings. The van der Waals surface area contributed by atoms with Crippen molar-refractivity contribution < 1.29 is 9.59 Å². The van der Waals surface area contributed by atoms with Crippen molar-refractivity contribution in [2.75, 3.05) is 18.4 Å². The molecule has 0 radical (unpaired) electrons. The number of aryl methyl sites for hydroxylation is 1. The molecule has 5 heteroatoms. The molecular formula is C18H25ClN2O2. The van der Waals surface area contributed by atoms with Gasteiger partial charge in [0.2, 0.25) is 11.8 Å². The van der Waals surface area contributed by atoms with Gasteiger partial charge in [0.15, 0.2) is 0 Å². The number of amides is 2. The van der Waals surface area contributed by atoms with Crippen molar-refractivity contribution >= 4 is 29.1 Å². The largest absolute Gasteiger partial charge is 0.342 e. The van der Waals surface area contributed by atoms with Gasteiger partial charge in [-0.3, -0.25) is 9.59 Å². The molecule has 0 saturated heterocycles. The Morgan fingerprint density at radius 2 is 1.87 bits per heavy atom. The molecule has 0 bridgehead atoms. The molecule has 126 valence electrons. The Morgan fingerprint density at radius 3 is 2.48 bits per heavy atom. The Labute approximate surface area is 143 Å². The number of carbonyl (C=O) groups excluding carboxylic acids is 2. The van der Waals surface area contributed by atoms with Crippen LogP contribution in [0.2, 0.25) is 5.02 Å². The van der Waals surface area contributed by atoms with Gasteiger partial charge in [-0.2, -0.15) is 0 Å². The van der Waals surface area contributed by atoms with Crippen molar-refractivity contribution in [2.45, 2.75) is 40.0 Å². The molecule has 1 fully saturated rings. The Balaban J connectivity index is 1.95. The second-order valence-electron chi connectivity index (χ2n) is 6.22. The number of rotatable bonds is 7. The molecular weight excluding hydrogens is 312 g/mol. The zero-order valence-corrected chi connectivity index (χ0v) is 14.8. The van der Waals surface area contributed by atoms with Crippen molar-refractivity contribution in [2.24, 2.45) is 11.8 Å². The highest BCUT2D eigenvalue weighted by molar-refractivity contribution is 6.31. The summed E-state index contributed by atoms with van der Waals surface area (Å²) in [5.74, 6) is -0.331. The van der Waals surface area contributed by atoms with Gasteiger partial charge in [0.25, 0.3) is 0 Å². The highest BCUT2D eigenvalue weighted by Crippen LogP contribution is 2.41. The topological polar surface area (TPSA) is 49.4 Å². The van der Waals surface area contributed by atoms with E-state index in [2.05, 4.69) is 19.2 Å². The molecule has 1 aromatic carbocycles. The number of nitrogens with one attached hydrogen (secondary N) is 1. The van der Waals surface area contributed by atoms with Crippen LogP contribution in [0.5, 0.6) is 0 Å². The molecule has 2 atom stereocenters. The van der Waals surface area contributed by atoms with Crippen LogP contribution in [0.25, 0.3) is 0 Å². The average Bonchev–Trinajstić information content (AvgIpc) is 3.30. The molecule has 0 heterocycles. The number of nitrogens with zero attached hydrogens (tertiary/aromatic N) is 1. The fourth-order valence-corrected chi connectivity index (χ4v) is 2.99. The van der Waals surface area contributed by atoms with E-state index in [0.717, 1.165) is 37.2 Å². The summed E-state index contributed by atoms with van der Waals surface area (Å²) in [7, 11) is 0. The minimum absolute atomic E-state index is 0.0818. The van der Waals surface area contributed by atoms with Crippen LogP contribution in [0.4, 0.5) is 5.69 Å². The zero-order valence-electron chi connectivity index (χ0n) is 14.1. The van der Waals surface area contributed by atoms with Gasteiger partial charge in [0, 0.05) is 23.8 Å². The number of carbonyl (C=O) groups is 2. The van der Waals surface area contributed by atoms with E-state index in [0.29, 0.717) is 11.4 Å². The predicted octanol–water partition coefficient (Wildman–Crippen LogP) is 3.87. The number of anilines is 1. The van der Waals surface area contributed by atoms with Crippen molar-refractivity contribution in [1.82, 2.24) is 4.90 Å². The fraction of sp³-hybridized carbons (Fsp3) is 0.556. The Morgan fingerprint density at radius 1 is 1.22 bits per heavy atom. The second kappa shape index (κ2) is 7.82. The van der Waals surface area contributed by atoms with Crippen molar-refractivity contribution in [1.29, 1.82) is 0 Å². The summed E-state index contributed by atoms with van der Waals surface area (Å²) in [5, 5.41) is 3.50. The lowest BCUT2D eigenvalue weighted by molar-refractivity contribution is -0.134. The first-order valence-electron chi connectivity index (χ1n) is 8.33. The molecule has 0 aromatic heterocycles. The molecule has 4 nitrogen and oxygen atoms in total. The number of halogens is 1. The fourth-order valence-electron chi connectivity index (χ4n) is 2.82. The quantitative estimate of drug-likeness (QED) is 0.821. The van der Waals surface area contributed by atoms with E-state index >= 15 is 0 Å². The van der Waals surface area contributed by atoms with Crippen LogP contribution >= 0.6 is 11.6 Å². The van der Waals surface area contributed by atoms with E-state index in [9.17, 15) is 9.59 Å². The van der Waals surface area contributed by atoms with Crippen molar-refractivity contribution in [3.63, 3.8) is 0 Å². The summed E-state index contributed by atoms with van der Waals surface area (Å²) < 4.78 is 0. The Bertz CT molecular complexity index is 582. The summed E-state index contributed by atoms with van der Waals surface area (Å²) in [4.78, 5) is 26.8. The van der Waals surface area contributed by atoms with Gasteiger partial charge in [0.1, 0.15) is 0 Å². The lowest BCUT2D eigenvalue weighted by Crippen LogP contribution is -2.34. The van der Waals surface area contributed by atoms with E-state index in [1.165, 1.54) is 0 Å². The van der Waals surface area contributed by atoms with Gasteiger partial charge < -0.3 is 10.2 Å². The van der Waals surface area contributed by atoms with Gasteiger partial charge in [0.05, 0.1) is 11.8 Å². The summed E-state index contributed by atoms with van der Waals surface area (Å²) in [6, 6.07) is 5.41. The number of hydrogen-bond donors (Lipinski definition) is 1. The monoisotopic (exact) mass is 336 g/mol. The van der Waals surface area contributed by atoms with Crippen molar-refractivity contribution in [3.8, 4) is 0 Å². The van der Waals surface area contributed by atoms with E-state index in [1.807, 2.05) is 17.9 Å². The average molecular weight is 337 g/mol. The van der Waals surface area contributed by atoms with Crippen LogP contribution in [0.3, 0.4) is 0 Å². The van der Waals surface area contributed by atoms with Crippen LogP contribution in [-0.4, -0.2) is 29.8 Å². The lowest BCUT2D eigenvalue weighted by Gasteiger charge is -2.21. The van der Waals surface area contributed by atoms with Crippen LogP contribution in [-0.2, 0) is 9.59 Å². The molecule has 1 saturated carbocycles. The van der Waals surface area contributed by atoms with Gasteiger partial charge in [-0.05, 0) is 43.9 Å². The molecule has 2 rings (SSSR count). The summed E-state index contributed by atoms with van der Waals surface area (Å²) in [6.45, 7) is 7.59. The summed E-state index contributed by atoms with van der Waals surface area (Å²) >= 11 is 5.97. The highest BCUT2D eigenvalue weighted by Gasteiger charge is 2.49. The maximum Gasteiger partial charge on any atom is 0.228 e. The normalized spacial score (nSPS) is 19.3. The minimum Gasteiger partial charge on any atom is -0.342 e. The SMILES string of the molecule is CCCN(CCC)C(=O)C1CC1C(=O)Nc1cc(Cl)ccc1C. The van der Waals surface area contributed by atoms with E-state index in [1.54, 1.807) is 12.1 Å².